The molecule has 5 rings (SSSR count). The molecule has 4 aromatic rings. The largest absolute Gasteiger partial charge is 0.462 e. The van der Waals surface area contributed by atoms with Gasteiger partial charge in [0.2, 0.25) is 5.91 Å². The number of rotatable bonds is 15. The first kappa shape index (κ1) is 37.9. The first-order chi connectivity index (χ1) is 24.5. The van der Waals surface area contributed by atoms with Crippen LogP contribution in [0.15, 0.2) is 84.9 Å². The van der Waals surface area contributed by atoms with Crippen LogP contribution in [0.25, 0.3) is 27.6 Å². The van der Waals surface area contributed by atoms with Crippen LogP contribution in [0, 0.1) is 16.7 Å². The molecule has 4 N–H and O–H groups in total. The number of hydrogen-bond acceptors (Lipinski definition) is 7. The zero-order chi connectivity index (χ0) is 36.6. The van der Waals surface area contributed by atoms with E-state index in [9.17, 15) is 19.5 Å². The predicted molar refractivity (Wildman–Crippen MR) is 202 cm³/mol. The summed E-state index contributed by atoms with van der Waals surface area (Å²) in [5.41, 5.74) is 0.702. The standard InChI is InChI=1S/C43H52N2O6/c1-5-43(4,27-33(40(48)45-28-46)26-42(2,3)41(49)50-34-15-7-6-8-16-34)39(51-44)30-21-19-29(20-22-30)38(47)24-23-37-35-17-11-9-13-31(35)25-32-14-10-12-18-36(32)37/h9-14,17-25,33-34,39,46H,5-8,15-16,26-28,44H2,1-4H3,(H,45,48). The number of fused-ring (bicyclic) bond motifs is 2. The van der Waals surface area contributed by atoms with Crippen molar-refractivity contribution in [3.63, 3.8) is 0 Å². The van der Waals surface area contributed by atoms with Gasteiger partial charge in [0.15, 0.2) is 5.78 Å². The van der Waals surface area contributed by atoms with Crippen molar-refractivity contribution in [2.45, 2.75) is 91.3 Å². The highest BCUT2D eigenvalue weighted by Gasteiger charge is 2.43. The SMILES string of the molecule is CCC(C)(CC(CC(C)(C)C(=O)OC1CCCCC1)C(=O)NCO)C(ON)c1ccc(C(=O)C=Cc2c3ccccc3cc3ccccc23)cc1. The van der Waals surface area contributed by atoms with Gasteiger partial charge in [-0.1, -0.05) is 93.1 Å². The Morgan fingerprint density at radius 3 is 2.08 bits per heavy atom. The van der Waals surface area contributed by atoms with Gasteiger partial charge in [0, 0.05) is 16.9 Å². The summed E-state index contributed by atoms with van der Waals surface area (Å²) in [6.45, 7) is 7.13. The van der Waals surface area contributed by atoms with Crippen molar-refractivity contribution in [3.05, 3.63) is 102 Å². The molecule has 0 spiro atoms. The van der Waals surface area contributed by atoms with Gasteiger partial charge in [-0.15, -0.1) is 0 Å². The van der Waals surface area contributed by atoms with Crippen LogP contribution in [0.2, 0.25) is 0 Å². The van der Waals surface area contributed by atoms with E-state index in [-0.39, 0.29) is 30.2 Å². The fraction of sp³-hybridized carbons (Fsp3) is 0.419. The van der Waals surface area contributed by atoms with Crippen LogP contribution >= 0.6 is 0 Å². The van der Waals surface area contributed by atoms with Crippen LogP contribution in [-0.2, 0) is 19.2 Å². The minimum atomic E-state index is -0.934. The van der Waals surface area contributed by atoms with Gasteiger partial charge in [0.25, 0.3) is 0 Å². The monoisotopic (exact) mass is 692 g/mol. The molecule has 3 atom stereocenters. The summed E-state index contributed by atoms with van der Waals surface area (Å²) in [7, 11) is 0. The molecule has 8 nitrogen and oxygen atoms in total. The number of allylic oxidation sites excluding steroid dienone is 1. The van der Waals surface area contributed by atoms with E-state index in [1.54, 1.807) is 18.2 Å². The maximum atomic E-state index is 13.4. The molecule has 0 heterocycles. The minimum Gasteiger partial charge on any atom is -0.462 e. The Morgan fingerprint density at radius 2 is 1.51 bits per heavy atom. The third-order valence-electron chi connectivity index (χ3n) is 10.8. The first-order valence-corrected chi connectivity index (χ1v) is 18.2. The molecule has 4 aromatic carbocycles. The highest BCUT2D eigenvalue weighted by molar-refractivity contribution is 6.11. The van der Waals surface area contributed by atoms with Gasteiger partial charge in [-0.25, -0.2) is 5.90 Å². The van der Waals surface area contributed by atoms with Gasteiger partial charge < -0.3 is 15.2 Å². The molecule has 0 saturated heterocycles. The molecule has 1 saturated carbocycles. The van der Waals surface area contributed by atoms with Gasteiger partial charge >= 0.3 is 5.97 Å². The van der Waals surface area contributed by atoms with Crippen molar-refractivity contribution in [1.29, 1.82) is 0 Å². The number of nitrogens with two attached hydrogens (primary N) is 1. The molecule has 1 fully saturated rings. The first-order valence-electron chi connectivity index (χ1n) is 18.2. The molecule has 0 bridgehead atoms. The van der Waals surface area contributed by atoms with Crippen LogP contribution in [-0.4, -0.2) is 35.6 Å². The van der Waals surface area contributed by atoms with E-state index in [0.29, 0.717) is 18.4 Å². The summed E-state index contributed by atoms with van der Waals surface area (Å²) >= 11 is 0. The number of esters is 1. The average molecular weight is 693 g/mol. The molecule has 8 heteroatoms. The van der Waals surface area contributed by atoms with E-state index in [1.807, 2.05) is 70.2 Å². The highest BCUT2D eigenvalue weighted by Crippen LogP contribution is 2.46. The predicted octanol–water partition coefficient (Wildman–Crippen LogP) is 8.60. The van der Waals surface area contributed by atoms with Crippen molar-refractivity contribution >= 4 is 45.3 Å². The second kappa shape index (κ2) is 16.8. The maximum absolute atomic E-state index is 13.4. The van der Waals surface area contributed by atoms with Gasteiger partial charge in [-0.2, -0.15) is 0 Å². The Hall–Kier alpha value is -4.37. The fourth-order valence-electron chi connectivity index (χ4n) is 7.62. The normalized spacial score (nSPS) is 16.5. The van der Waals surface area contributed by atoms with Crippen LogP contribution < -0.4 is 11.2 Å². The van der Waals surface area contributed by atoms with E-state index in [4.69, 9.17) is 15.5 Å². The van der Waals surface area contributed by atoms with E-state index in [1.165, 1.54) is 0 Å². The number of carbonyl (C=O) groups is 3. The van der Waals surface area contributed by atoms with Crippen molar-refractivity contribution in [1.82, 2.24) is 5.32 Å². The molecular formula is C43H52N2O6. The Kier molecular flexibility index (Phi) is 12.5. The van der Waals surface area contributed by atoms with Crippen LogP contribution in [0.1, 0.15) is 107 Å². The molecule has 0 aliphatic heterocycles. The number of aliphatic hydroxyl groups is 1. The summed E-state index contributed by atoms with van der Waals surface area (Å²) in [5, 5.41) is 16.5. The molecule has 1 aliphatic carbocycles. The molecule has 1 amide bonds. The number of aliphatic hydroxyl groups excluding tert-OH is 1. The zero-order valence-corrected chi connectivity index (χ0v) is 30.3. The number of amides is 1. The summed E-state index contributed by atoms with van der Waals surface area (Å²) in [5.74, 6) is 4.53. The Balaban J connectivity index is 1.34. The van der Waals surface area contributed by atoms with E-state index < -0.39 is 29.6 Å². The topological polar surface area (TPSA) is 128 Å². The van der Waals surface area contributed by atoms with Crippen LogP contribution in [0.4, 0.5) is 0 Å². The summed E-state index contributed by atoms with van der Waals surface area (Å²) in [6, 6.07) is 25.7. The molecule has 3 unspecified atom stereocenters. The number of hydrogen-bond donors (Lipinski definition) is 3. The van der Waals surface area contributed by atoms with Gasteiger partial charge in [-0.05, 0) is 110 Å². The van der Waals surface area contributed by atoms with Crippen LogP contribution in [0.3, 0.4) is 0 Å². The molecule has 270 valence electrons. The number of carbonyl (C=O) groups excluding carboxylic acids is 3. The maximum Gasteiger partial charge on any atom is 0.311 e. The lowest BCUT2D eigenvalue weighted by Crippen LogP contribution is -2.41. The smallest absolute Gasteiger partial charge is 0.311 e. The molecule has 0 radical (unpaired) electrons. The summed E-state index contributed by atoms with van der Waals surface area (Å²) < 4.78 is 5.90. The molecular weight excluding hydrogens is 640 g/mol. The third-order valence-corrected chi connectivity index (χ3v) is 10.8. The molecule has 0 aromatic heterocycles. The van der Waals surface area contributed by atoms with Crippen molar-refractivity contribution in [2.75, 3.05) is 6.73 Å². The quantitative estimate of drug-likeness (QED) is 0.0284. The lowest BCUT2D eigenvalue weighted by molar-refractivity contribution is -0.162. The molecule has 51 heavy (non-hydrogen) atoms. The van der Waals surface area contributed by atoms with E-state index >= 15 is 0 Å². The van der Waals surface area contributed by atoms with Gasteiger partial charge in [0.1, 0.15) is 18.9 Å². The van der Waals surface area contributed by atoms with Crippen molar-refractivity contribution in [3.8, 4) is 0 Å². The second-order valence-corrected chi connectivity index (χ2v) is 14.9. The number of benzene rings is 4. The van der Waals surface area contributed by atoms with E-state index in [0.717, 1.165) is 64.8 Å². The van der Waals surface area contributed by atoms with E-state index in [2.05, 4.69) is 35.6 Å². The van der Waals surface area contributed by atoms with Crippen molar-refractivity contribution < 1.29 is 29.1 Å². The Morgan fingerprint density at radius 1 is 0.902 bits per heavy atom. The Labute approximate surface area is 301 Å². The highest BCUT2D eigenvalue weighted by atomic mass is 16.6. The molecule has 1 aliphatic rings. The number of nitrogens with one attached hydrogen (secondary N) is 1. The third kappa shape index (κ3) is 8.93. The summed E-state index contributed by atoms with van der Waals surface area (Å²) in [6.07, 6.45) is 8.93. The zero-order valence-electron chi connectivity index (χ0n) is 30.3. The van der Waals surface area contributed by atoms with Gasteiger partial charge in [0.05, 0.1) is 5.41 Å². The van der Waals surface area contributed by atoms with Crippen molar-refractivity contribution in [2.24, 2.45) is 22.6 Å². The minimum absolute atomic E-state index is 0.0883. The summed E-state index contributed by atoms with van der Waals surface area (Å²) in [4.78, 5) is 45.8. The van der Waals surface area contributed by atoms with Crippen LogP contribution in [0.5, 0.6) is 0 Å². The number of ketones is 1. The lowest BCUT2D eigenvalue weighted by atomic mass is 9.69. The fourth-order valence-corrected chi connectivity index (χ4v) is 7.62. The Bertz CT molecular complexity index is 1810. The van der Waals surface area contributed by atoms with Gasteiger partial charge in [-0.3, -0.25) is 19.2 Å². The average Bonchev–Trinajstić information content (AvgIpc) is 3.14. The number of ether oxygens (including phenoxy) is 1. The second-order valence-electron chi connectivity index (χ2n) is 14.9. The lowest BCUT2D eigenvalue weighted by Gasteiger charge is -2.39.